The Bertz CT molecular complexity index is 775. The topological polar surface area (TPSA) is 72.2 Å². The predicted molar refractivity (Wildman–Crippen MR) is 123 cm³/mol. The fraction of sp³-hybridized carbons (Fsp3) is 0.885. The maximum atomic E-state index is 13.4. The molecule has 7 atom stereocenters. The largest absolute Gasteiger partial charge is 0.323 e. The number of allylic oxidation sites excluding steroid dienone is 2. The molecule has 5 nitrogen and oxygen atoms in total. The smallest absolute Gasteiger partial charge is 0.265 e. The Morgan fingerprint density at radius 3 is 2.52 bits per heavy atom. The van der Waals surface area contributed by atoms with Gasteiger partial charge in [0.25, 0.3) is 5.70 Å². The molecule has 0 radical (unpaired) electrons. The summed E-state index contributed by atoms with van der Waals surface area (Å²) in [6.45, 7) is 11.7. The minimum absolute atomic E-state index is 0.0199. The van der Waals surface area contributed by atoms with Crippen LogP contribution in [-0.2, 0) is 4.79 Å². The van der Waals surface area contributed by atoms with Crippen LogP contribution in [0.2, 0.25) is 0 Å². The SMILES string of the molecule is CC(C)CCC[C@@H](C)[C@H]1CC[C@H]2[C@@H]3C(=O)NC4=C([N+](=O)[O-])CCC[C@]4(C)[C@H]3CC[C@]12C. The highest BCUT2D eigenvalue weighted by Gasteiger charge is 2.63. The maximum absolute atomic E-state index is 13.4. The zero-order valence-electron chi connectivity index (χ0n) is 20.2. The Hall–Kier alpha value is -1.39. The van der Waals surface area contributed by atoms with Gasteiger partial charge in [-0.3, -0.25) is 14.9 Å². The molecule has 1 N–H and O–H groups in total. The number of amides is 1. The van der Waals surface area contributed by atoms with E-state index in [1.165, 1.54) is 32.1 Å². The third kappa shape index (κ3) is 3.64. The van der Waals surface area contributed by atoms with Crippen molar-refractivity contribution in [2.45, 2.75) is 98.8 Å². The first-order valence-corrected chi connectivity index (χ1v) is 12.8. The summed E-state index contributed by atoms with van der Waals surface area (Å²) in [5, 5.41) is 14.8. The van der Waals surface area contributed by atoms with Gasteiger partial charge < -0.3 is 5.32 Å². The van der Waals surface area contributed by atoms with Gasteiger partial charge in [-0.2, -0.15) is 0 Å². The first kappa shape index (κ1) is 22.8. The fourth-order valence-corrected chi connectivity index (χ4v) is 8.42. The Morgan fingerprint density at radius 1 is 1.10 bits per heavy atom. The van der Waals surface area contributed by atoms with E-state index < -0.39 is 0 Å². The lowest BCUT2D eigenvalue weighted by atomic mass is 9.49. The molecule has 1 heterocycles. The van der Waals surface area contributed by atoms with Gasteiger partial charge in [-0.1, -0.05) is 53.9 Å². The standard InChI is InChI=1S/C26H42N2O3/c1-16(2)8-6-9-17(3)18-11-12-19-22-20(13-15-25(18,19)4)26(5)14-7-10-21(28(30)31)23(26)27-24(22)29/h16-20,22H,6-15H2,1-5H3,(H,27,29)/t17-,18-,19+,20+,22+,25-,26-/m1/s1. The summed E-state index contributed by atoms with van der Waals surface area (Å²) in [6.07, 6.45) is 10.8. The van der Waals surface area contributed by atoms with Gasteiger partial charge in [0.15, 0.2) is 0 Å². The van der Waals surface area contributed by atoms with Crippen LogP contribution in [0.3, 0.4) is 0 Å². The van der Waals surface area contributed by atoms with Crippen molar-refractivity contribution in [3.8, 4) is 0 Å². The molecule has 0 aromatic carbocycles. The summed E-state index contributed by atoms with van der Waals surface area (Å²) in [6, 6.07) is 0. The molecule has 3 fully saturated rings. The molecule has 2 saturated carbocycles. The minimum atomic E-state index is -0.248. The molecule has 31 heavy (non-hydrogen) atoms. The maximum Gasteiger partial charge on any atom is 0.265 e. The number of fused-ring (bicyclic) bond motifs is 5. The quantitative estimate of drug-likeness (QED) is 0.396. The third-order valence-electron chi connectivity index (χ3n) is 10.0. The number of nitrogens with one attached hydrogen (secondary N) is 1. The van der Waals surface area contributed by atoms with Crippen molar-refractivity contribution in [3.63, 3.8) is 0 Å². The molecule has 0 unspecified atom stereocenters. The average molecular weight is 431 g/mol. The van der Waals surface area contributed by atoms with E-state index in [0.29, 0.717) is 29.9 Å². The number of piperidine rings is 1. The first-order valence-electron chi connectivity index (χ1n) is 12.8. The Labute approximate surface area is 188 Å². The van der Waals surface area contributed by atoms with E-state index in [0.717, 1.165) is 31.6 Å². The van der Waals surface area contributed by atoms with Crippen LogP contribution in [-0.4, -0.2) is 10.8 Å². The van der Waals surface area contributed by atoms with Gasteiger partial charge >= 0.3 is 0 Å². The number of rotatable bonds is 6. The lowest BCUT2D eigenvalue weighted by Gasteiger charge is -2.57. The van der Waals surface area contributed by atoms with Crippen LogP contribution in [0, 0.1) is 56.5 Å². The summed E-state index contributed by atoms with van der Waals surface area (Å²) >= 11 is 0. The van der Waals surface area contributed by atoms with Gasteiger partial charge in [0.1, 0.15) is 0 Å². The van der Waals surface area contributed by atoms with Gasteiger partial charge in [-0.25, -0.2) is 0 Å². The molecule has 174 valence electrons. The van der Waals surface area contributed by atoms with Gasteiger partial charge in [0.2, 0.25) is 5.91 Å². The Balaban J connectivity index is 1.58. The molecule has 3 aliphatic carbocycles. The number of carbonyl (C=O) groups is 1. The molecule has 5 heteroatoms. The molecule has 0 aromatic rings. The molecule has 1 saturated heterocycles. The van der Waals surface area contributed by atoms with Gasteiger partial charge in [-0.15, -0.1) is 0 Å². The summed E-state index contributed by atoms with van der Waals surface area (Å²) < 4.78 is 0. The lowest BCUT2D eigenvalue weighted by Crippen LogP contribution is -2.59. The van der Waals surface area contributed by atoms with Crippen molar-refractivity contribution < 1.29 is 9.72 Å². The van der Waals surface area contributed by atoms with Crippen molar-refractivity contribution >= 4 is 5.91 Å². The molecule has 4 rings (SSSR count). The van der Waals surface area contributed by atoms with Crippen molar-refractivity contribution in [2.75, 3.05) is 0 Å². The number of carbonyl (C=O) groups excluding carboxylic acids is 1. The van der Waals surface area contributed by atoms with Crippen molar-refractivity contribution in [3.05, 3.63) is 21.5 Å². The zero-order valence-corrected chi connectivity index (χ0v) is 20.2. The normalized spacial score (nSPS) is 40.8. The molecule has 1 aliphatic heterocycles. The predicted octanol–water partition coefficient (Wildman–Crippen LogP) is 6.32. The minimum Gasteiger partial charge on any atom is -0.323 e. The monoisotopic (exact) mass is 430 g/mol. The molecule has 0 spiro atoms. The van der Waals surface area contributed by atoms with Crippen LogP contribution in [0.5, 0.6) is 0 Å². The zero-order chi connectivity index (χ0) is 22.6. The summed E-state index contributed by atoms with van der Waals surface area (Å²) in [5.74, 6) is 2.93. The van der Waals surface area contributed by atoms with Gasteiger partial charge in [0.05, 0.1) is 10.6 Å². The second-order valence-electron chi connectivity index (χ2n) is 12.1. The van der Waals surface area contributed by atoms with Gasteiger partial charge in [-0.05, 0) is 73.5 Å². The highest BCUT2D eigenvalue weighted by atomic mass is 16.6. The van der Waals surface area contributed by atoms with E-state index in [1.807, 2.05) is 0 Å². The molecule has 0 bridgehead atoms. The second-order valence-corrected chi connectivity index (χ2v) is 12.1. The van der Waals surface area contributed by atoms with Crippen LogP contribution in [0.15, 0.2) is 11.4 Å². The van der Waals surface area contributed by atoms with Crippen LogP contribution >= 0.6 is 0 Å². The molecular formula is C26H42N2O3. The molecular weight excluding hydrogens is 388 g/mol. The van der Waals surface area contributed by atoms with E-state index in [9.17, 15) is 14.9 Å². The van der Waals surface area contributed by atoms with Crippen molar-refractivity contribution in [2.24, 2.45) is 46.3 Å². The molecule has 0 aromatic heterocycles. The number of hydrogen-bond acceptors (Lipinski definition) is 3. The van der Waals surface area contributed by atoms with E-state index in [-0.39, 0.29) is 39.2 Å². The van der Waals surface area contributed by atoms with Crippen LogP contribution in [0.1, 0.15) is 98.8 Å². The van der Waals surface area contributed by atoms with Gasteiger partial charge in [0, 0.05) is 17.8 Å². The molecule has 4 aliphatic rings. The highest BCUT2D eigenvalue weighted by Crippen LogP contribution is 2.66. The highest BCUT2D eigenvalue weighted by molar-refractivity contribution is 5.83. The summed E-state index contributed by atoms with van der Waals surface area (Å²) in [5.41, 5.74) is 0.891. The average Bonchev–Trinajstić information content (AvgIpc) is 3.04. The summed E-state index contributed by atoms with van der Waals surface area (Å²) in [4.78, 5) is 24.9. The lowest BCUT2D eigenvalue weighted by molar-refractivity contribution is -0.432. The Morgan fingerprint density at radius 2 is 1.84 bits per heavy atom. The summed E-state index contributed by atoms with van der Waals surface area (Å²) in [7, 11) is 0. The van der Waals surface area contributed by atoms with E-state index in [2.05, 4.69) is 39.9 Å². The Kier molecular flexibility index (Phi) is 6.02. The third-order valence-corrected chi connectivity index (χ3v) is 10.0. The number of nitrogens with zero attached hydrogens (tertiary/aromatic N) is 1. The number of hydrogen-bond donors (Lipinski definition) is 1. The van der Waals surface area contributed by atoms with Crippen LogP contribution < -0.4 is 5.32 Å². The van der Waals surface area contributed by atoms with E-state index in [1.54, 1.807) is 0 Å². The van der Waals surface area contributed by atoms with Crippen LogP contribution in [0.4, 0.5) is 0 Å². The van der Waals surface area contributed by atoms with Crippen LogP contribution in [0.25, 0.3) is 0 Å². The fourth-order valence-electron chi connectivity index (χ4n) is 8.42. The van der Waals surface area contributed by atoms with Crippen molar-refractivity contribution in [1.29, 1.82) is 0 Å². The first-order chi connectivity index (χ1) is 14.6. The van der Waals surface area contributed by atoms with Crippen molar-refractivity contribution in [1.82, 2.24) is 5.32 Å². The second kappa shape index (κ2) is 8.19. The molecule has 1 amide bonds. The van der Waals surface area contributed by atoms with E-state index >= 15 is 0 Å². The van der Waals surface area contributed by atoms with E-state index in [4.69, 9.17) is 0 Å². The number of nitro groups is 1.